The summed E-state index contributed by atoms with van der Waals surface area (Å²) < 4.78 is 44.3. The average molecular weight is 312 g/mol. The van der Waals surface area contributed by atoms with Crippen LogP contribution in [-0.4, -0.2) is 10.2 Å². The summed E-state index contributed by atoms with van der Waals surface area (Å²) in [6.45, 7) is 0. The van der Waals surface area contributed by atoms with Crippen LogP contribution < -0.4 is 10.5 Å². The van der Waals surface area contributed by atoms with E-state index in [0.717, 1.165) is 0 Å². The van der Waals surface area contributed by atoms with Gasteiger partial charge in [-0.2, -0.15) is 18.4 Å². The fraction of sp³-hybridized carbons (Fsp3) is 0.167. The molecule has 0 aromatic carbocycles. The van der Waals surface area contributed by atoms with Gasteiger partial charge in [-0.05, 0) is 11.4 Å². The zero-order valence-electron chi connectivity index (χ0n) is 10.2. The summed E-state index contributed by atoms with van der Waals surface area (Å²) in [4.78, 5) is 0.561. The Morgan fingerprint density at radius 1 is 1.48 bits per heavy atom. The molecule has 0 spiro atoms. The van der Waals surface area contributed by atoms with Crippen molar-refractivity contribution >= 4 is 11.3 Å². The van der Waals surface area contributed by atoms with E-state index < -0.39 is 17.8 Å². The van der Waals surface area contributed by atoms with Gasteiger partial charge in [0, 0.05) is 4.88 Å². The number of allylic oxidation sites excluding steroid dienone is 1. The van der Waals surface area contributed by atoms with E-state index in [1.54, 1.807) is 17.5 Å². The molecule has 0 saturated carbocycles. The number of halogens is 3. The molecule has 0 radical (unpaired) electrons. The van der Waals surface area contributed by atoms with E-state index in [1.165, 1.54) is 11.3 Å². The Balaban J connectivity index is 2.26. The lowest BCUT2D eigenvalue weighted by molar-refractivity contribution is -0.141. The maximum Gasteiger partial charge on any atom is 0.433 e. The van der Waals surface area contributed by atoms with Crippen LogP contribution in [0.3, 0.4) is 0 Å². The van der Waals surface area contributed by atoms with E-state index in [2.05, 4.69) is 5.10 Å². The van der Waals surface area contributed by atoms with Crippen molar-refractivity contribution in [2.45, 2.75) is 12.1 Å². The van der Waals surface area contributed by atoms with Crippen molar-refractivity contribution in [1.29, 1.82) is 5.26 Å². The van der Waals surface area contributed by atoms with Crippen molar-refractivity contribution in [3.63, 3.8) is 0 Å². The minimum atomic E-state index is -4.63. The molecule has 2 aromatic heterocycles. The van der Waals surface area contributed by atoms with Gasteiger partial charge in [-0.1, -0.05) is 6.07 Å². The smallest absolute Gasteiger partial charge is 0.420 e. The number of H-pyrrole nitrogens is 1. The second kappa shape index (κ2) is 4.53. The summed E-state index contributed by atoms with van der Waals surface area (Å²) in [6, 6.07) is 5.16. The van der Waals surface area contributed by atoms with Crippen LogP contribution in [0, 0.1) is 11.3 Å². The highest BCUT2D eigenvalue weighted by molar-refractivity contribution is 7.10. The first-order valence-electron chi connectivity index (χ1n) is 5.70. The maximum absolute atomic E-state index is 13.1. The first kappa shape index (κ1) is 13.5. The van der Waals surface area contributed by atoms with Crippen LogP contribution in [0.2, 0.25) is 0 Å². The van der Waals surface area contributed by atoms with Crippen molar-refractivity contribution in [2.24, 2.45) is 5.73 Å². The Morgan fingerprint density at radius 2 is 2.24 bits per heavy atom. The fourth-order valence-corrected chi connectivity index (χ4v) is 3.04. The lowest BCUT2D eigenvalue weighted by atomic mass is 9.88. The van der Waals surface area contributed by atoms with E-state index in [0.29, 0.717) is 4.88 Å². The molecule has 2 aromatic rings. The topological polar surface area (TPSA) is 87.7 Å². The molecule has 5 nitrogen and oxygen atoms in total. The van der Waals surface area contributed by atoms with Gasteiger partial charge < -0.3 is 10.5 Å². The van der Waals surface area contributed by atoms with Crippen LogP contribution in [0.15, 0.2) is 29.0 Å². The molecule has 0 aliphatic carbocycles. The molecule has 108 valence electrons. The molecule has 0 unspecified atom stereocenters. The number of nitrogens with one attached hydrogen (secondary N) is 1. The third kappa shape index (κ3) is 2.04. The van der Waals surface area contributed by atoms with Crippen LogP contribution in [0.1, 0.15) is 22.1 Å². The van der Waals surface area contributed by atoms with Crippen LogP contribution in [0.5, 0.6) is 5.88 Å². The predicted molar refractivity (Wildman–Crippen MR) is 67.2 cm³/mol. The van der Waals surface area contributed by atoms with Crippen LogP contribution in [-0.2, 0) is 6.18 Å². The van der Waals surface area contributed by atoms with Gasteiger partial charge in [0.15, 0.2) is 0 Å². The van der Waals surface area contributed by atoms with Crippen molar-refractivity contribution in [2.75, 3.05) is 0 Å². The predicted octanol–water partition coefficient (Wildman–Crippen LogP) is 2.71. The first-order valence-corrected chi connectivity index (χ1v) is 6.58. The number of aromatic amines is 1. The van der Waals surface area contributed by atoms with Crippen LogP contribution >= 0.6 is 11.3 Å². The molecule has 1 aliphatic rings. The SMILES string of the molecule is N#CC1=C(N)Oc2n[nH]c(C(F)(F)F)c2[C@@H]1c1cccs1. The van der Waals surface area contributed by atoms with Crippen LogP contribution in [0.4, 0.5) is 13.2 Å². The maximum atomic E-state index is 13.1. The number of ether oxygens (including phenoxy) is 1. The second-order valence-electron chi connectivity index (χ2n) is 4.26. The summed E-state index contributed by atoms with van der Waals surface area (Å²) in [5, 5.41) is 16.4. The van der Waals surface area contributed by atoms with Gasteiger partial charge in [-0.25, -0.2) is 0 Å². The number of hydrogen-bond donors (Lipinski definition) is 2. The summed E-state index contributed by atoms with van der Waals surface area (Å²) in [5.74, 6) is -1.42. The van der Waals surface area contributed by atoms with Crippen molar-refractivity contribution in [1.82, 2.24) is 10.2 Å². The molecule has 3 rings (SSSR count). The van der Waals surface area contributed by atoms with E-state index in [9.17, 15) is 18.4 Å². The van der Waals surface area contributed by atoms with E-state index in [-0.39, 0.29) is 22.9 Å². The lowest BCUT2D eigenvalue weighted by Gasteiger charge is -2.23. The van der Waals surface area contributed by atoms with Gasteiger partial charge in [0.2, 0.25) is 11.8 Å². The highest BCUT2D eigenvalue weighted by Gasteiger charge is 2.44. The van der Waals surface area contributed by atoms with Gasteiger partial charge in [0.05, 0.1) is 11.5 Å². The zero-order chi connectivity index (χ0) is 15.2. The van der Waals surface area contributed by atoms with E-state index in [4.69, 9.17) is 10.5 Å². The normalized spacial score (nSPS) is 18.1. The number of rotatable bonds is 1. The van der Waals surface area contributed by atoms with Crippen molar-refractivity contribution in [3.8, 4) is 11.9 Å². The molecular formula is C12H7F3N4OS. The molecule has 1 atom stereocenters. The quantitative estimate of drug-likeness (QED) is 0.847. The molecule has 0 bridgehead atoms. The molecule has 0 saturated heterocycles. The molecule has 21 heavy (non-hydrogen) atoms. The molecule has 1 aliphatic heterocycles. The van der Waals surface area contributed by atoms with Crippen molar-refractivity contribution in [3.05, 3.63) is 45.1 Å². The Labute approximate surface area is 120 Å². The number of thiophene rings is 1. The number of alkyl halides is 3. The largest absolute Gasteiger partial charge is 0.433 e. The number of nitrogens with zero attached hydrogens (tertiary/aromatic N) is 2. The molecule has 0 fully saturated rings. The van der Waals surface area contributed by atoms with E-state index in [1.807, 2.05) is 11.2 Å². The van der Waals surface area contributed by atoms with Gasteiger partial charge in [0.25, 0.3) is 0 Å². The molecule has 3 heterocycles. The van der Waals surface area contributed by atoms with Crippen molar-refractivity contribution < 1.29 is 17.9 Å². The molecule has 0 amide bonds. The van der Waals surface area contributed by atoms with Gasteiger partial charge in [-0.3, -0.25) is 5.10 Å². The van der Waals surface area contributed by atoms with Gasteiger partial charge >= 0.3 is 6.18 Å². The molecule has 3 N–H and O–H groups in total. The number of nitriles is 1. The lowest BCUT2D eigenvalue weighted by Crippen LogP contribution is -2.22. The minimum absolute atomic E-state index is 0.0585. The standard InChI is InChI=1S/C12H7F3N4OS/c13-12(14,15)9-8-7(6-2-1-3-21-6)5(4-16)10(17)20-11(8)19-18-9/h1-3,7H,17H2,(H,18,19)/t7-/m0/s1. The Kier molecular flexibility index (Phi) is 2.91. The number of hydrogen-bond acceptors (Lipinski definition) is 5. The highest BCUT2D eigenvalue weighted by atomic mass is 32.1. The monoisotopic (exact) mass is 312 g/mol. The Morgan fingerprint density at radius 3 is 2.81 bits per heavy atom. The first-order chi connectivity index (χ1) is 9.93. The molecule has 9 heteroatoms. The minimum Gasteiger partial charge on any atom is -0.420 e. The fourth-order valence-electron chi connectivity index (χ4n) is 2.20. The Hall–Kier alpha value is -2.47. The molecular weight excluding hydrogens is 305 g/mol. The number of aromatic nitrogens is 2. The van der Waals surface area contributed by atoms with Gasteiger partial charge in [0.1, 0.15) is 17.3 Å². The van der Waals surface area contributed by atoms with E-state index >= 15 is 0 Å². The second-order valence-corrected chi connectivity index (χ2v) is 5.23. The summed E-state index contributed by atoms with van der Waals surface area (Å²) in [6.07, 6.45) is -4.63. The third-order valence-electron chi connectivity index (χ3n) is 3.05. The van der Waals surface area contributed by atoms with Gasteiger partial charge in [-0.15, -0.1) is 16.4 Å². The summed E-state index contributed by atoms with van der Waals surface area (Å²) >= 11 is 1.23. The average Bonchev–Trinajstić information content (AvgIpc) is 3.04. The number of fused-ring (bicyclic) bond motifs is 1. The summed E-state index contributed by atoms with van der Waals surface area (Å²) in [7, 11) is 0. The summed E-state index contributed by atoms with van der Waals surface area (Å²) in [5.41, 5.74) is 4.32. The zero-order valence-corrected chi connectivity index (χ0v) is 11.0. The van der Waals surface area contributed by atoms with Crippen LogP contribution in [0.25, 0.3) is 0 Å². The Bertz CT molecular complexity index is 755. The highest BCUT2D eigenvalue weighted by Crippen LogP contribution is 2.47. The number of nitrogens with two attached hydrogens (primary N) is 1. The third-order valence-corrected chi connectivity index (χ3v) is 3.99.